The first-order valence-corrected chi connectivity index (χ1v) is 11.7. The second kappa shape index (κ2) is 10.1. The Morgan fingerprint density at radius 1 is 1.06 bits per heavy atom. The highest BCUT2D eigenvalue weighted by Gasteiger charge is 2.21. The molecule has 0 saturated heterocycles. The molecule has 6 heteroatoms. The number of benzene rings is 2. The Morgan fingerprint density at radius 2 is 1.79 bits per heavy atom. The van der Waals surface area contributed by atoms with E-state index in [1.165, 1.54) is 6.42 Å². The highest BCUT2D eigenvalue weighted by atomic mass is 16.5. The minimum absolute atomic E-state index is 0.127. The molecule has 1 aromatic heterocycles. The van der Waals surface area contributed by atoms with Crippen LogP contribution in [0.2, 0.25) is 0 Å². The van der Waals surface area contributed by atoms with E-state index in [2.05, 4.69) is 22.4 Å². The maximum atomic E-state index is 13.3. The van der Waals surface area contributed by atoms with Crippen LogP contribution in [0.4, 0.5) is 4.79 Å². The summed E-state index contributed by atoms with van der Waals surface area (Å²) in [5.41, 5.74) is 4.45. The monoisotopic (exact) mass is 447 g/mol. The van der Waals surface area contributed by atoms with Crippen molar-refractivity contribution < 1.29 is 9.53 Å². The van der Waals surface area contributed by atoms with E-state index in [0.717, 1.165) is 59.0 Å². The molecule has 0 radical (unpaired) electrons. The molecule has 4 rings (SSSR count). The van der Waals surface area contributed by atoms with E-state index in [1.807, 2.05) is 44.2 Å². The summed E-state index contributed by atoms with van der Waals surface area (Å²) in [6.45, 7) is 4.69. The molecule has 0 unspecified atom stereocenters. The van der Waals surface area contributed by atoms with Crippen molar-refractivity contribution in [3.05, 3.63) is 75.1 Å². The Balaban J connectivity index is 1.62. The summed E-state index contributed by atoms with van der Waals surface area (Å²) < 4.78 is 5.26. The molecule has 1 aliphatic rings. The first-order chi connectivity index (χ1) is 15.9. The highest BCUT2D eigenvalue weighted by molar-refractivity contribution is 5.83. The summed E-state index contributed by atoms with van der Waals surface area (Å²) in [6, 6.07) is 13.8. The summed E-state index contributed by atoms with van der Waals surface area (Å²) in [4.78, 5) is 31.0. The van der Waals surface area contributed by atoms with Gasteiger partial charge in [-0.15, -0.1) is 0 Å². The molecule has 174 valence electrons. The number of hydrogen-bond donors (Lipinski definition) is 2. The van der Waals surface area contributed by atoms with Crippen molar-refractivity contribution in [2.75, 3.05) is 7.11 Å². The average molecular weight is 448 g/mol. The summed E-state index contributed by atoms with van der Waals surface area (Å²) in [5.74, 6) is 0.772. The van der Waals surface area contributed by atoms with Crippen molar-refractivity contribution >= 4 is 16.9 Å². The number of H-pyrrole nitrogens is 1. The number of ether oxygens (including phenoxy) is 1. The third-order valence-corrected chi connectivity index (χ3v) is 6.48. The maximum Gasteiger partial charge on any atom is 0.318 e. The maximum absolute atomic E-state index is 13.3. The number of rotatable bonds is 6. The number of pyridine rings is 1. The molecule has 2 aromatic carbocycles. The quantitative estimate of drug-likeness (QED) is 0.546. The number of aromatic amines is 1. The van der Waals surface area contributed by atoms with Crippen LogP contribution in [0.15, 0.2) is 47.3 Å². The molecule has 0 atom stereocenters. The van der Waals surface area contributed by atoms with E-state index in [1.54, 1.807) is 12.0 Å². The van der Waals surface area contributed by atoms with Crippen LogP contribution < -0.4 is 15.6 Å². The first-order valence-electron chi connectivity index (χ1n) is 11.7. The number of aryl methyl sites for hydroxylation is 2. The van der Waals surface area contributed by atoms with Crippen LogP contribution >= 0.6 is 0 Å². The number of hydrogen-bond acceptors (Lipinski definition) is 3. The number of carbonyl (C=O) groups excluding carboxylic acids is 1. The van der Waals surface area contributed by atoms with Crippen LogP contribution in [0.1, 0.15) is 54.4 Å². The fraction of sp³-hybridized carbons (Fsp3) is 0.407. The molecule has 3 aromatic rings. The van der Waals surface area contributed by atoms with Gasteiger partial charge in [0.05, 0.1) is 19.2 Å². The average Bonchev–Trinajstić information content (AvgIpc) is 2.80. The molecule has 33 heavy (non-hydrogen) atoms. The lowest BCUT2D eigenvalue weighted by molar-refractivity contribution is 0.184. The van der Waals surface area contributed by atoms with E-state index < -0.39 is 0 Å². The van der Waals surface area contributed by atoms with E-state index in [9.17, 15) is 9.59 Å². The van der Waals surface area contributed by atoms with Crippen molar-refractivity contribution in [2.24, 2.45) is 0 Å². The van der Waals surface area contributed by atoms with Gasteiger partial charge in [-0.25, -0.2) is 4.79 Å². The van der Waals surface area contributed by atoms with Crippen molar-refractivity contribution in [3.63, 3.8) is 0 Å². The van der Waals surface area contributed by atoms with E-state index in [0.29, 0.717) is 12.1 Å². The summed E-state index contributed by atoms with van der Waals surface area (Å²) in [5, 5.41) is 4.19. The molecule has 6 nitrogen and oxygen atoms in total. The van der Waals surface area contributed by atoms with Crippen LogP contribution in [0, 0.1) is 13.8 Å². The number of nitrogens with zero attached hydrogens (tertiary/aromatic N) is 1. The number of fused-ring (bicyclic) bond motifs is 1. The lowest BCUT2D eigenvalue weighted by Gasteiger charge is -2.28. The Labute approximate surface area is 195 Å². The minimum Gasteiger partial charge on any atom is -0.497 e. The molecule has 0 bridgehead atoms. The summed E-state index contributed by atoms with van der Waals surface area (Å²) in [7, 11) is 1.63. The van der Waals surface area contributed by atoms with Gasteiger partial charge in [-0.1, -0.05) is 43.0 Å². The van der Waals surface area contributed by atoms with Gasteiger partial charge < -0.3 is 19.9 Å². The Morgan fingerprint density at radius 3 is 2.48 bits per heavy atom. The smallest absolute Gasteiger partial charge is 0.318 e. The van der Waals surface area contributed by atoms with E-state index >= 15 is 0 Å². The number of methoxy groups -OCH3 is 1. The van der Waals surface area contributed by atoms with Gasteiger partial charge in [-0.2, -0.15) is 0 Å². The van der Waals surface area contributed by atoms with Crippen molar-refractivity contribution in [2.45, 2.75) is 65.1 Å². The second-order valence-corrected chi connectivity index (χ2v) is 9.16. The largest absolute Gasteiger partial charge is 0.497 e. The second-order valence-electron chi connectivity index (χ2n) is 9.16. The van der Waals surface area contributed by atoms with Crippen molar-refractivity contribution in [1.29, 1.82) is 0 Å². The fourth-order valence-corrected chi connectivity index (χ4v) is 4.72. The van der Waals surface area contributed by atoms with Crippen LogP contribution in [-0.4, -0.2) is 29.1 Å². The fourth-order valence-electron chi connectivity index (χ4n) is 4.72. The van der Waals surface area contributed by atoms with Crippen LogP contribution in [-0.2, 0) is 13.1 Å². The number of amides is 2. The summed E-state index contributed by atoms with van der Waals surface area (Å²) in [6.07, 6.45) is 5.54. The van der Waals surface area contributed by atoms with Gasteiger partial charge in [0.15, 0.2) is 0 Å². The van der Waals surface area contributed by atoms with Crippen LogP contribution in [0.3, 0.4) is 0 Å². The molecule has 1 aliphatic carbocycles. The third kappa shape index (κ3) is 5.56. The Bertz CT molecular complexity index is 1180. The first kappa shape index (κ1) is 22.9. The zero-order valence-electron chi connectivity index (χ0n) is 19.7. The number of aromatic nitrogens is 1. The Hall–Kier alpha value is -3.28. The van der Waals surface area contributed by atoms with Crippen LogP contribution in [0.5, 0.6) is 5.75 Å². The number of nitrogens with one attached hydrogen (secondary N) is 2. The number of urea groups is 1. The molecular formula is C27H33N3O3. The van der Waals surface area contributed by atoms with Gasteiger partial charge in [0.2, 0.25) is 0 Å². The molecule has 2 N–H and O–H groups in total. The minimum atomic E-state index is -0.153. The predicted octanol–water partition coefficient (Wildman–Crippen LogP) is 5.20. The van der Waals surface area contributed by atoms with Gasteiger partial charge in [0, 0.05) is 18.2 Å². The van der Waals surface area contributed by atoms with Gasteiger partial charge in [-0.3, -0.25) is 4.79 Å². The molecule has 0 aliphatic heterocycles. The molecule has 0 spiro atoms. The van der Waals surface area contributed by atoms with E-state index in [-0.39, 0.29) is 24.2 Å². The van der Waals surface area contributed by atoms with Crippen molar-refractivity contribution in [3.8, 4) is 5.75 Å². The lowest BCUT2D eigenvalue weighted by atomic mass is 9.96. The zero-order chi connectivity index (χ0) is 23.4. The SMILES string of the molecule is COc1ccc(CN(Cc2cc3cc(C)cc(C)c3[nH]c2=O)C(=O)NC2CCCCC2)cc1. The van der Waals surface area contributed by atoms with E-state index in [4.69, 9.17) is 4.74 Å². The van der Waals surface area contributed by atoms with Gasteiger partial charge >= 0.3 is 6.03 Å². The zero-order valence-corrected chi connectivity index (χ0v) is 19.7. The normalized spacial score (nSPS) is 14.3. The van der Waals surface area contributed by atoms with Gasteiger partial charge in [-0.05, 0) is 67.5 Å². The lowest BCUT2D eigenvalue weighted by Crippen LogP contribution is -2.45. The third-order valence-electron chi connectivity index (χ3n) is 6.48. The predicted molar refractivity (Wildman–Crippen MR) is 132 cm³/mol. The van der Waals surface area contributed by atoms with Crippen LogP contribution in [0.25, 0.3) is 10.9 Å². The Kier molecular flexibility index (Phi) is 7.02. The molecule has 1 saturated carbocycles. The van der Waals surface area contributed by atoms with Gasteiger partial charge in [0.1, 0.15) is 5.75 Å². The summed E-state index contributed by atoms with van der Waals surface area (Å²) >= 11 is 0. The number of carbonyl (C=O) groups is 1. The standard InChI is InChI=1S/C27H33N3O3/c1-18-13-19(2)25-21(14-18)15-22(26(31)29-25)17-30(16-20-9-11-24(33-3)12-10-20)27(32)28-23-7-5-4-6-8-23/h9-15,23H,4-8,16-17H2,1-3H3,(H,28,32)(H,29,31). The van der Waals surface area contributed by atoms with Gasteiger partial charge in [0.25, 0.3) is 5.56 Å². The molecule has 2 amide bonds. The molecular weight excluding hydrogens is 414 g/mol. The highest BCUT2D eigenvalue weighted by Crippen LogP contribution is 2.21. The molecule has 1 fully saturated rings. The van der Waals surface area contributed by atoms with Crippen molar-refractivity contribution in [1.82, 2.24) is 15.2 Å². The molecule has 1 heterocycles. The topological polar surface area (TPSA) is 74.4 Å².